The number of rotatable bonds is 1. The summed E-state index contributed by atoms with van der Waals surface area (Å²) in [7, 11) is 0. The summed E-state index contributed by atoms with van der Waals surface area (Å²) >= 11 is 0. The average Bonchev–Trinajstić information content (AvgIpc) is 2.03. The molecule has 0 saturated carbocycles. The monoisotopic (exact) mass is 168 g/mol. The number of aromatic nitrogens is 1. The molecule has 0 aliphatic heterocycles. The Kier molecular flexibility index (Phi) is 2.05. The summed E-state index contributed by atoms with van der Waals surface area (Å²) in [5.74, 6) is -2.98. The van der Waals surface area contributed by atoms with Gasteiger partial charge in [-0.3, -0.25) is 0 Å². The molecule has 0 aromatic carbocycles. The number of nitrogens with zero attached hydrogens (tertiary/aromatic N) is 2. The van der Waals surface area contributed by atoms with Gasteiger partial charge < -0.3 is 0 Å². The Hall–Kier alpha value is -1.50. The van der Waals surface area contributed by atoms with E-state index in [4.69, 9.17) is 5.26 Å². The molecule has 4 heteroatoms. The van der Waals surface area contributed by atoms with Crippen molar-refractivity contribution in [3.8, 4) is 6.07 Å². The SMILES string of the molecule is CC(F)(F)c1cccc(C#N)n1. The molecule has 0 unspecified atom stereocenters. The zero-order chi connectivity index (χ0) is 9.19. The van der Waals surface area contributed by atoms with Crippen LogP contribution in [0.1, 0.15) is 18.3 Å². The van der Waals surface area contributed by atoms with Crippen LogP contribution in [0.4, 0.5) is 8.78 Å². The van der Waals surface area contributed by atoms with E-state index in [-0.39, 0.29) is 11.4 Å². The molecule has 62 valence electrons. The molecule has 0 amide bonds. The maximum absolute atomic E-state index is 12.6. The second-order valence-electron chi connectivity index (χ2n) is 2.41. The van der Waals surface area contributed by atoms with Crippen LogP contribution in [-0.4, -0.2) is 4.98 Å². The quantitative estimate of drug-likeness (QED) is 0.643. The first kappa shape index (κ1) is 8.60. The second-order valence-corrected chi connectivity index (χ2v) is 2.41. The molecule has 1 aromatic heterocycles. The summed E-state index contributed by atoms with van der Waals surface area (Å²) in [5, 5.41) is 8.37. The Morgan fingerprint density at radius 1 is 1.50 bits per heavy atom. The molecule has 0 radical (unpaired) electrons. The van der Waals surface area contributed by atoms with Gasteiger partial charge in [-0.1, -0.05) is 6.07 Å². The Morgan fingerprint density at radius 2 is 2.17 bits per heavy atom. The van der Waals surface area contributed by atoms with Gasteiger partial charge in [0.1, 0.15) is 17.5 Å². The van der Waals surface area contributed by atoms with Crippen molar-refractivity contribution in [3.63, 3.8) is 0 Å². The topological polar surface area (TPSA) is 36.7 Å². The van der Waals surface area contributed by atoms with Gasteiger partial charge in [0.2, 0.25) is 0 Å². The molecule has 0 spiro atoms. The number of alkyl halides is 2. The van der Waals surface area contributed by atoms with Gasteiger partial charge in [-0.2, -0.15) is 14.0 Å². The minimum atomic E-state index is -2.98. The van der Waals surface area contributed by atoms with Crippen LogP contribution >= 0.6 is 0 Å². The molecule has 0 bridgehead atoms. The molecule has 12 heavy (non-hydrogen) atoms. The standard InChI is InChI=1S/C8H6F2N2/c1-8(9,10)7-4-2-3-6(5-11)12-7/h2-4H,1H3. The predicted molar refractivity (Wildman–Crippen MR) is 38.5 cm³/mol. The molecule has 0 aliphatic rings. The van der Waals surface area contributed by atoms with E-state index in [9.17, 15) is 8.78 Å². The molecule has 0 atom stereocenters. The van der Waals surface area contributed by atoms with Gasteiger partial charge in [-0.15, -0.1) is 0 Å². The van der Waals surface area contributed by atoms with E-state index < -0.39 is 5.92 Å². The number of pyridine rings is 1. The van der Waals surface area contributed by atoms with Crippen molar-refractivity contribution in [1.29, 1.82) is 5.26 Å². The average molecular weight is 168 g/mol. The third-order valence-electron chi connectivity index (χ3n) is 1.31. The summed E-state index contributed by atoms with van der Waals surface area (Å²) < 4.78 is 25.2. The molecule has 0 saturated heterocycles. The van der Waals surface area contributed by atoms with Gasteiger partial charge >= 0.3 is 0 Å². The lowest BCUT2D eigenvalue weighted by Gasteiger charge is -2.08. The summed E-state index contributed by atoms with van der Waals surface area (Å²) in [6, 6.07) is 5.66. The van der Waals surface area contributed by atoms with E-state index in [2.05, 4.69) is 4.98 Å². The van der Waals surface area contributed by atoms with E-state index >= 15 is 0 Å². The fourth-order valence-electron chi connectivity index (χ4n) is 0.741. The normalized spacial score (nSPS) is 10.8. The first-order valence-electron chi connectivity index (χ1n) is 3.29. The molecule has 1 aromatic rings. The van der Waals surface area contributed by atoms with E-state index in [0.29, 0.717) is 0 Å². The van der Waals surface area contributed by atoms with Crippen LogP contribution in [0.2, 0.25) is 0 Å². The lowest BCUT2D eigenvalue weighted by atomic mass is 10.2. The lowest BCUT2D eigenvalue weighted by Crippen LogP contribution is -2.09. The maximum atomic E-state index is 12.6. The van der Waals surface area contributed by atoms with Gasteiger partial charge in [0.05, 0.1) is 0 Å². The molecule has 0 N–H and O–H groups in total. The van der Waals surface area contributed by atoms with E-state index in [1.807, 2.05) is 0 Å². The van der Waals surface area contributed by atoms with Crippen LogP contribution in [0.15, 0.2) is 18.2 Å². The van der Waals surface area contributed by atoms with Gasteiger partial charge in [0.25, 0.3) is 5.92 Å². The Bertz CT molecular complexity index is 323. The zero-order valence-corrected chi connectivity index (χ0v) is 6.38. The Balaban J connectivity index is 3.13. The minimum Gasteiger partial charge on any atom is -0.236 e. The van der Waals surface area contributed by atoms with Gasteiger partial charge in [0.15, 0.2) is 0 Å². The molecule has 1 heterocycles. The Morgan fingerprint density at radius 3 is 2.67 bits per heavy atom. The molecule has 1 rings (SSSR count). The summed E-state index contributed by atoms with van der Waals surface area (Å²) in [6.07, 6.45) is 0. The fraction of sp³-hybridized carbons (Fsp3) is 0.250. The molecule has 0 fully saturated rings. The Labute approximate surface area is 68.5 Å². The summed E-state index contributed by atoms with van der Waals surface area (Å²) in [6.45, 7) is 0.747. The minimum absolute atomic E-state index is 0.00836. The van der Waals surface area contributed by atoms with E-state index in [1.54, 1.807) is 6.07 Å². The molecule has 0 aliphatic carbocycles. The van der Waals surface area contributed by atoms with Crippen molar-refractivity contribution in [2.75, 3.05) is 0 Å². The van der Waals surface area contributed by atoms with Crippen LogP contribution in [0, 0.1) is 11.3 Å². The lowest BCUT2D eigenvalue weighted by molar-refractivity contribution is 0.0127. The smallest absolute Gasteiger partial charge is 0.236 e. The van der Waals surface area contributed by atoms with Crippen molar-refractivity contribution in [2.24, 2.45) is 0 Å². The summed E-state index contributed by atoms with van der Waals surface area (Å²) in [4.78, 5) is 3.45. The fourth-order valence-corrected chi connectivity index (χ4v) is 0.741. The van der Waals surface area contributed by atoms with Crippen LogP contribution in [0.25, 0.3) is 0 Å². The summed E-state index contributed by atoms with van der Waals surface area (Å²) in [5.41, 5.74) is -0.365. The largest absolute Gasteiger partial charge is 0.287 e. The zero-order valence-electron chi connectivity index (χ0n) is 6.38. The number of nitriles is 1. The highest BCUT2D eigenvalue weighted by molar-refractivity contribution is 5.23. The number of hydrogen-bond donors (Lipinski definition) is 0. The third-order valence-corrected chi connectivity index (χ3v) is 1.31. The second kappa shape index (κ2) is 2.86. The van der Waals surface area contributed by atoms with Crippen molar-refractivity contribution >= 4 is 0 Å². The van der Waals surface area contributed by atoms with Crippen LogP contribution in [0.5, 0.6) is 0 Å². The van der Waals surface area contributed by atoms with E-state index in [1.165, 1.54) is 18.2 Å². The van der Waals surface area contributed by atoms with Crippen LogP contribution in [0.3, 0.4) is 0 Å². The van der Waals surface area contributed by atoms with E-state index in [0.717, 1.165) is 6.92 Å². The maximum Gasteiger partial charge on any atom is 0.287 e. The van der Waals surface area contributed by atoms with Crippen LogP contribution in [-0.2, 0) is 5.92 Å². The number of halogens is 2. The highest BCUT2D eigenvalue weighted by Gasteiger charge is 2.25. The first-order valence-corrected chi connectivity index (χ1v) is 3.29. The molecular weight excluding hydrogens is 162 g/mol. The van der Waals surface area contributed by atoms with Gasteiger partial charge in [-0.05, 0) is 12.1 Å². The van der Waals surface area contributed by atoms with Crippen molar-refractivity contribution in [1.82, 2.24) is 4.98 Å². The highest BCUT2D eigenvalue weighted by atomic mass is 19.3. The van der Waals surface area contributed by atoms with Crippen molar-refractivity contribution in [3.05, 3.63) is 29.6 Å². The van der Waals surface area contributed by atoms with Crippen molar-refractivity contribution < 1.29 is 8.78 Å². The van der Waals surface area contributed by atoms with Crippen LogP contribution < -0.4 is 0 Å². The first-order chi connectivity index (χ1) is 5.54. The van der Waals surface area contributed by atoms with Gasteiger partial charge in [0, 0.05) is 6.92 Å². The third kappa shape index (κ3) is 1.76. The molecule has 2 nitrogen and oxygen atoms in total. The molecular formula is C8H6F2N2. The predicted octanol–water partition coefficient (Wildman–Crippen LogP) is 2.06. The van der Waals surface area contributed by atoms with Gasteiger partial charge in [-0.25, -0.2) is 4.98 Å². The number of hydrogen-bond acceptors (Lipinski definition) is 2. The van der Waals surface area contributed by atoms with Crippen molar-refractivity contribution in [2.45, 2.75) is 12.8 Å². The highest BCUT2D eigenvalue weighted by Crippen LogP contribution is 2.24.